The molecule has 0 amide bonds. The Balaban J connectivity index is 1.56. The first-order valence-corrected chi connectivity index (χ1v) is 8.56. The van der Waals surface area contributed by atoms with E-state index in [0.29, 0.717) is 12.0 Å². The van der Waals surface area contributed by atoms with Crippen LogP contribution in [0, 0.1) is 5.92 Å². The van der Waals surface area contributed by atoms with Gasteiger partial charge in [-0.2, -0.15) is 0 Å². The molecule has 0 spiro atoms. The molecule has 1 aromatic carbocycles. The molecule has 2 fully saturated rings. The van der Waals surface area contributed by atoms with Gasteiger partial charge >= 0.3 is 0 Å². The molecule has 2 aliphatic rings. The minimum absolute atomic E-state index is 0.284. The Morgan fingerprint density at radius 2 is 2.00 bits per heavy atom. The molecule has 5 heteroatoms. The lowest BCUT2D eigenvalue weighted by Gasteiger charge is -2.43. The highest BCUT2D eigenvalue weighted by atomic mass is 35.5. The predicted molar refractivity (Wildman–Crippen MR) is 91.6 cm³/mol. The highest BCUT2D eigenvalue weighted by Gasteiger charge is 2.35. The number of hydrogen-bond donors (Lipinski definition) is 3. The molecule has 1 aliphatic carbocycles. The fraction of sp³-hybridized carbons (Fsp3) is 0.562. The Bertz CT molecular complexity index is 508. The SMILES string of the molecule is S=C1NC2CCCCC2C(NCCc2ccccc2Cl)N1. The maximum Gasteiger partial charge on any atom is 0.167 e. The maximum absolute atomic E-state index is 6.21. The van der Waals surface area contributed by atoms with E-state index in [0.717, 1.165) is 23.1 Å². The first-order valence-electron chi connectivity index (χ1n) is 7.78. The number of rotatable bonds is 4. The van der Waals surface area contributed by atoms with Gasteiger partial charge in [-0.25, -0.2) is 0 Å². The molecule has 114 valence electrons. The number of fused-ring (bicyclic) bond motifs is 1. The zero-order chi connectivity index (χ0) is 14.7. The molecule has 3 atom stereocenters. The lowest BCUT2D eigenvalue weighted by atomic mass is 9.81. The third-order valence-electron chi connectivity index (χ3n) is 4.57. The third kappa shape index (κ3) is 3.68. The van der Waals surface area contributed by atoms with Gasteiger partial charge in [0.15, 0.2) is 5.11 Å². The summed E-state index contributed by atoms with van der Waals surface area (Å²) in [4.78, 5) is 0. The zero-order valence-corrected chi connectivity index (χ0v) is 13.6. The van der Waals surface area contributed by atoms with Crippen LogP contribution in [0.25, 0.3) is 0 Å². The van der Waals surface area contributed by atoms with Crippen molar-refractivity contribution in [2.24, 2.45) is 5.92 Å². The van der Waals surface area contributed by atoms with Crippen LogP contribution in [0.2, 0.25) is 5.02 Å². The van der Waals surface area contributed by atoms with E-state index < -0.39 is 0 Å². The van der Waals surface area contributed by atoms with Crippen LogP contribution in [0.4, 0.5) is 0 Å². The van der Waals surface area contributed by atoms with Crippen molar-refractivity contribution < 1.29 is 0 Å². The number of halogens is 1. The molecule has 3 rings (SSSR count). The summed E-state index contributed by atoms with van der Waals surface area (Å²) < 4.78 is 0. The summed E-state index contributed by atoms with van der Waals surface area (Å²) in [5.74, 6) is 0.622. The van der Waals surface area contributed by atoms with Crippen molar-refractivity contribution in [3.8, 4) is 0 Å². The Morgan fingerprint density at radius 1 is 1.19 bits per heavy atom. The van der Waals surface area contributed by atoms with Gasteiger partial charge in [0, 0.05) is 23.5 Å². The van der Waals surface area contributed by atoms with E-state index in [2.05, 4.69) is 22.0 Å². The van der Waals surface area contributed by atoms with Gasteiger partial charge in [-0.15, -0.1) is 0 Å². The summed E-state index contributed by atoms with van der Waals surface area (Å²) in [6.45, 7) is 0.910. The van der Waals surface area contributed by atoms with E-state index in [4.69, 9.17) is 23.8 Å². The largest absolute Gasteiger partial charge is 0.360 e. The average Bonchev–Trinajstić information content (AvgIpc) is 2.49. The molecule has 1 heterocycles. The van der Waals surface area contributed by atoms with Crippen LogP contribution in [0.15, 0.2) is 24.3 Å². The summed E-state index contributed by atoms with van der Waals surface area (Å²) in [6, 6.07) is 8.58. The molecule has 1 saturated carbocycles. The van der Waals surface area contributed by atoms with Crippen molar-refractivity contribution in [1.82, 2.24) is 16.0 Å². The summed E-state index contributed by atoms with van der Waals surface area (Å²) in [6.07, 6.45) is 6.34. The predicted octanol–water partition coefficient (Wildman–Crippen LogP) is 2.83. The van der Waals surface area contributed by atoms with Crippen molar-refractivity contribution in [2.75, 3.05) is 6.54 Å². The molecule has 1 aromatic rings. The van der Waals surface area contributed by atoms with Crippen molar-refractivity contribution >= 4 is 28.9 Å². The van der Waals surface area contributed by atoms with Gasteiger partial charge in [0.1, 0.15) is 0 Å². The number of thiocarbonyl (C=S) groups is 1. The Kier molecular flexibility index (Phi) is 4.99. The maximum atomic E-state index is 6.21. The molecule has 21 heavy (non-hydrogen) atoms. The van der Waals surface area contributed by atoms with E-state index in [1.807, 2.05) is 18.2 Å². The van der Waals surface area contributed by atoms with E-state index in [-0.39, 0.29) is 6.17 Å². The molecule has 0 aromatic heterocycles. The van der Waals surface area contributed by atoms with E-state index in [1.165, 1.54) is 31.2 Å². The van der Waals surface area contributed by atoms with Gasteiger partial charge in [-0.1, -0.05) is 42.6 Å². The van der Waals surface area contributed by atoms with Crippen molar-refractivity contribution in [3.05, 3.63) is 34.9 Å². The van der Waals surface area contributed by atoms with Gasteiger partial charge in [-0.05, 0) is 43.1 Å². The monoisotopic (exact) mass is 323 g/mol. The van der Waals surface area contributed by atoms with Crippen LogP contribution in [-0.2, 0) is 6.42 Å². The van der Waals surface area contributed by atoms with Crippen molar-refractivity contribution in [2.45, 2.75) is 44.3 Å². The smallest absolute Gasteiger partial charge is 0.167 e. The van der Waals surface area contributed by atoms with Gasteiger partial charge in [0.25, 0.3) is 0 Å². The summed E-state index contributed by atoms with van der Waals surface area (Å²) >= 11 is 11.5. The van der Waals surface area contributed by atoms with Crippen LogP contribution in [0.5, 0.6) is 0 Å². The van der Waals surface area contributed by atoms with E-state index >= 15 is 0 Å². The lowest BCUT2D eigenvalue weighted by Crippen LogP contribution is -2.65. The molecule has 1 saturated heterocycles. The third-order valence-corrected chi connectivity index (χ3v) is 5.17. The summed E-state index contributed by atoms with van der Waals surface area (Å²) in [5.41, 5.74) is 1.20. The highest BCUT2D eigenvalue weighted by Crippen LogP contribution is 2.28. The van der Waals surface area contributed by atoms with Gasteiger partial charge in [0.2, 0.25) is 0 Å². The van der Waals surface area contributed by atoms with Crippen molar-refractivity contribution in [3.63, 3.8) is 0 Å². The second-order valence-corrected chi connectivity index (χ2v) is 6.76. The minimum atomic E-state index is 0.284. The fourth-order valence-electron chi connectivity index (χ4n) is 3.46. The Labute approximate surface area is 136 Å². The van der Waals surface area contributed by atoms with E-state index in [9.17, 15) is 0 Å². The van der Waals surface area contributed by atoms with Crippen LogP contribution < -0.4 is 16.0 Å². The molecule has 1 aliphatic heterocycles. The zero-order valence-electron chi connectivity index (χ0n) is 12.1. The quantitative estimate of drug-likeness (QED) is 0.745. The normalized spacial score (nSPS) is 28.4. The van der Waals surface area contributed by atoms with Crippen LogP contribution in [0.1, 0.15) is 31.2 Å². The summed E-state index contributed by atoms with van der Waals surface area (Å²) in [5, 5.41) is 12.1. The number of hydrogen-bond acceptors (Lipinski definition) is 2. The summed E-state index contributed by atoms with van der Waals surface area (Å²) in [7, 11) is 0. The molecule has 3 N–H and O–H groups in total. The average molecular weight is 324 g/mol. The minimum Gasteiger partial charge on any atom is -0.360 e. The topological polar surface area (TPSA) is 36.1 Å². The fourth-order valence-corrected chi connectivity index (χ4v) is 3.97. The number of benzene rings is 1. The Morgan fingerprint density at radius 3 is 2.86 bits per heavy atom. The first-order chi connectivity index (χ1) is 10.2. The van der Waals surface area contributed by atoms with Gasteiger partial charge < -0.3 is 10.6 Å². The molecular weight excluding hydrogens is 302 g/mol. The lowest BCUT2D eigenvalue weighted by molar-refractivity contribution is 0.190. The second-order valence-electron chi connectivity index (χ2n) is 5.95. The first kappa shape index (κ1) is 15.1. The molecule has 3 unspecified atom stereocenters. The standard InChI is InChI=1S/C16H22ClN3S/c17-13-7-3-1-5-11(13)9-10-18-15-12-6-2-4-8-14(12)19-16(21)20-15/h1,3,5,7,12,14-15,18H,2,4,6,8-10H2,(H2,19,20,21). The van der Waals surface area contributed by atoms with Gasteiger partial charge in [0.05, 0.1) is 6.17 Å². The van der Waals surface area contributed by atoms with E-state index in [1.54, 1.807) is 0 Å². The molecule has 0 bridgehead atoms. The number of nitrogens with one attached hydrogen (secondary N) is 3. The van der Waals surface area contributed by atoms with Crippen LogP contribution in [-0.4, -0.2) is 23.9 Å². The second kappa shape index (κ2) is 6.95. The Hall–Kier alpha value is -0.840. The molecule has 3 nitrogen and oxygen atoms in total. The van der Waals surface area contributed by atoms with Gasteiger partial charge in [-0.3, -0.25) is 5.32 Å². The van der Waals surface area contributed by atoms with Crippen molar-refractivity contribution in [1.29, 1.82) is 0 Å². The highest BCUT2D eigenvalue weighted by molar-refractivity contribution is 7.80. The molecule has 0 radical (unpaired) electrons. The van der Waals surface area contributed by atoms with Crippen LogP contribution >= 0.6 is 23.8 Å². The molecular formula is C16H22ClN3S. The van der Waals surface area contributed by atoms with Crippen LogP contribution in [0.3, 0.4) is 0 Å².